The van der Waals surface area contributed by atoms with Crippen molar-refractivity contribution in [3.8, 4) is 0 Å². The Morgan fingerprint density at radius 1 is 1.20 bits per heavy atom. The highest BCUT2D eigenvalue weighted by Gasteiger charge is 2.05. The molecule has 0 amide bonds. The number of hydrogen-bond donors (Lipinski definition) is 4. The highest BCUT2D eigenvalue weighted by Crippen LogP contribution is 2.35. The standard InChI is InChI=1S/C7H19N2O3PS.H2O/c8-4-2-1-3-5-9-6-7-12-13(10,11)14;/h9H,1-8H2,(H2,10,11,14);1H2. The van der Waals surface area contributed by atoms with Crippen LogP contribution in [0.5, 0.6) is 0 Å². The smallest absolute Gasteiger partial charge is 0.321 e. The summed E-state index contributed by atoms with van der Waals surface area (Å²) in [4.78, 5) is 17.4. The summed E-state index contributed by atoms with van der Waals surface area (Å²) in [7, 11) is 0. The molecule has 6 nitrogen and oxygen atoms in total. The molecule has 0 radical (unpaired) electrons. The van der Waals surface area contributed by atoms with Crippen LogP contribution in [0.2, 0.25) is 0 Å². The van der Waals surface area contributed by atoms with E-state index in [9.17, 15) is 0 Å². The van der Waals surface area contributed by atoms with Crippen molar-refractivity contribution in [2.75, 3.05) is 26.2 Å². The largest absolute Gasteiger partial charge is 0.412 e. The number of nitrogens with one attached hydrogen (secondary N) is 1. The van der Waals surface area contributed by atoms with Crippen molar-refractivity contribution < 1.29 is 19.8 Å². The van der Waals surface area contributed by atoms with E-state index in [1.807, 2.05) is 0 Å². The van der Waals surface area contributed by atoms with Gasteiger partial charge in [0, 0.05) is 6.54 Å². The van der Waals surface area contributed by atoms with E-state index in [0.717, 1.165) is 32.4 Å². The van der Waals surface area contributed by atoms with Crippen LogP contribution in [0.15, 0.2) is 0 Å². The molecule has 0 fully saturated rings. The third kappa shape index (κ3) is 17.0. The molecule has 0 rings (SSSR count). The molecule has 94 valence electrons. The lowest BCUT2D eigenvalue weighted by atomic mass is 10.2. The minimum Gasteiger partial charge on any atom is -0.412 e. The van der Waals surface area contributed by atoms with Crippen molar-refractivity contribution >= 4 is 18.5 Å². The average molecular weight is 260 g/mol. The molecule has 0 aliphatic heterocycles. The van der Waals surface area contributed by atoms with Crippen LogP contribution >= 0.6 is 6.72 Å². The van der Waals surface area contributed by atoms with Crippen LogP contribution in [0.4, 0.5) is 0 Å². The Labute approximate surface area is 95.4 Å². The summed E-state index contributed by atoms with van der Waals surface area (Å²) in [5.41, 5.74) is 5.33. The Bertz CT molecular complexity index is 178. The summed E-state index contributed by atoms with van der Waals surface area (Å²) in [5.74, 6) is 0. The summed E-state index contributed by atoms with van der Waals surface area (Å²) in [6, 6.07) is 0. The maximum Gasteiger partial charge on any atom is 0.321 e. The second-order valence-electron chi connectivity index (χ2n) is 2.92. The van der Waals surface area contributed by atoms with E-state index in [0.29, 0.717) is 6.54 Å². The van der Waals surface area contributed by atoms with Crippen LogP contribution in [0, 0.1) is 0 Å². The highest BCUT2D eigenvalue weighted by molar-refractivity contribution is 8.06. The zero-order valence-electron chi connectivity index (χ0n) is 8.69. The van der Waals surface area contributed by atoms with Gasteiger partial charge in [-0.1, -0.05) is 6.42 Å². The molecule has 0 aromatic rings. The first-order chi connectivity index (χ1) is 6.56. The second kappa shape index (κ2) is 10.9. The van der Waals surface area contributed by atoms with Gasteiger partial charge in [-0.15, -0.1) is 0 Å². The fourth-order valence-corrected chi connectivity index (χ4v) is 1.49. The average Bonchev–Trinajstić information content (AvgIpc) is 2.08. The first kappa shape index (κ1) is 17.8. The Hall–Kier alpha value is 0.410. The van der Waals surface area contributed by atoms with E-state index >= 15 is 0 Å². The van der Waals surface area contributed by atoms with E-state index in [4.69, 9.17) is 15.5 Å². The predicted octanol–water partition coefficient (Wildman–Crippen LogP) is -0.894. The van der Waals surface area contributed by atoms with Gasteiger partial charge >= 0.3 is 6.72 Å². The number of rotatable bonds is 9. The van der Waals surface area contributed by atoms with Gasteiger partial charge in [-0.2, -0.15) is 0 Å². The first-order valence-electron chi connectivity index (χ1n) is 4.67. The summed E-state index contributed by atoms with van der Waals surface area (Å²) in [6.45, 7) is -1.00. The maximum atomic E-state index is 8.71. The van der Waals surface area contributed by atoms with E-state index in [-0.39, 0.29) is 12.1 Å². The normalized spacial score (nSPS) is 11.1. The van der Waals surface area contributed by atoms with Crippen molar-refractivity contribution in [2.45, 2.75) is 19.3 Å². The van der Waals surface area contributed by atoms with Crippen LogP contribution in [0.1, 0.15) is 19.3 Å². The number of unbranched alkanes of at least 4 members (excludes halogenated alkanes) is 2. The zero-order valence-corrected chi connectivity index (χ0v) is 10.4. The topological polar surface area (TPSA) is 119 Å². The molecule has 0 spiro atoms. The molecule has 15 heavy (non-hydrogen) atoms. The molecule has 8 heteroatoms. The lowest BCUT2D eigenvalue weighted by molar-refractivity contribution is 0.251. The van der Waals surface area contributed by atoms with Crippen molar-refractivity contribution in [3.05, 3.63) is 0 Å². The van der Waals surface area contributed by atoms with E-state index in [2.05, 4.69) is 21.6 Å². The van der Waals surface area contributed by atoms with Crippen LogP contribution in [-0.2, 0) is 16.3 Å². The molecule has 0 saturated heterocycles. The minimum absolute atomic E-state index is 0. The van der Waals surface area contributed by atoms with Crippen LogP contribution in [0.25, 0.3) is 0 Å². The number of nitrogens with two attached hydrogens (primary N) is 1. The summed E-state index contributed by atoms with van der Waals surface area (Å²) < 4.78 is 4.61. The fraction of sp³-hybridized carbons (Fsp3) is 1.00. The molecule has 0 heterocycles. The first-order valence-corrected chi connectivity index (χ1v) is 7.29. The van der Waals surface area contributed by atoms with Gasteiger partial charge < -0.3 is 30.8 Å². The van der Waals surface area contributed by atoms with Crippen molar-refractivity contribution in [3.63, 3.8) is 0 Å². The van der Waals surface area contributed by atoms with E-state index < -0.39 is 6.72 Å². The molecule has 0 aliphatic carbocycles. The SMILES string of the molecule is NCCCCCNCCOP(O)(O)=S.O. The van der Waals surface area contributed by atoms with Crippen LogP contribution < -0.4 is 11.1 Å². The molecule has 0 aliphatic rings. The molecule has 0 unspecified atom stereocenters. The maximum absolute atomic E-state index is 8.71. The Morgan fingerprint density at radius 2 is 1.87 bits per heavy atom. The van der Waals surface area contributed by atoms with Gasteiger partial charge in [-0.05, 0) is 37.7 Å². The molecule has 0 atom stereocenters. The molecule has 7 N–H and O–H groups in total. The Kier molecular flexibility index (Phi) is 12.9. The second-order valence-corrected chi connectivity index (χ2v) is 5.59. The summed E-state index contributed by atoms with van der Waals surface area (Å²) >= 11 is 4.28. The minimum atomic E-state index is -3.46. The number of hydrogen-bond acceptors (Lipinski definition) is 4. The third-order valence-corrected chi connectivity index (χ3v) is 2.43. The third-order valence-electron chi connectivity index (χ3n) is 1.60. The molecule has 0 bridgehead atoms. The molecular formula is C7H21N2O4PS. The van der Waals surface area contributed by atoms with Gasteiger partial charge in [0.05, 0.1) is 6.61 Å². The van der Waals surface area contributed by atoms with Crippen molar-refractivity contribution in [2.24, 2.45) is 5.73 Å². The lowest BCUT2D eigenvalue weighted by Crippen LogP contribution is -2.20. The Balaban J connectivity index is 0. The van der Waals surface area contributed by atoms with Gasteiger partial charge in [0.25, 0.3) is 0 Å². The molecule has 0 aromatic carbocycles. The zero-order chi connectivity index (χ0) is 10.9. The fourth-order valence-electron chi connectivity index (χ4n) is 0.933. The molecular weight excluding hydrogens is 239 g/mol. The van der Waals surface area contributed by atoms with Gasteiger partial charge in [0.1, 0.15) is 0 Å². The highest BCUT2D eigenvalue weighted by atomic mass is 32.5. The molecule has 0 saturated carbocycles. The van der Waals surface area contributed by atoms with Crippen molar-refractivity contribution in [1.82, 2.24) is 5.32 Å². The van der Waals surface area contributed by atoms with Gasteiger partial charge in [0.15, 0.2) is 0 Å². The van der Waals surface area contributed by atoms with Crippen LogP contribution in [0.3, 0.4) is 0 Å². The predicted molar refractivity (Wildman–Crippen MR) is 64.1 cm³/mol. The summed E-state index contributed by atoms with van der Waals surface area (Å²) in [5, 5.41) is 3.10. The van der Waals surface area contributed by atoms with E-state index in [1.165, 1.54) is 0 Å². The quantitative estimate of drug-likeness (QED) is 0.315. The van der Waals surface area contributed by atoms with Gasteiger partial charge in [0.2, 0.25) is 0 Å². The van der Waals surface area contributed by atoms with Crippen LogP contribution in [-0.4, -0.2) is 41.5 Å². The lowest BCUT2D eigenvalue weighted by Gasteiger charge is -2.08. The van der Waals surface area contributed by atoms with Crippen molar-refractivity contribution in [1.29, 1.82) is 0 Å². The van der Waals surface area contributed by atoms with Gasteiger partial charge in [-0.3, -0.25) is 0 Å². The summed E-state index contributed by atoms with van der Waals surface area (Å²) in [6.07, 6.45) is 3.23. The monoisotopic (exact) mass is 260 g/mol. The molecule has 0 aromatic heterocycles. The van der Waals surface area contributed by atoms with E-state index in [1.54, 1.807) is 0 Å². The Morgan fingerprint density at radius 3 is 2.40 bits per heavy atom. The van der Waals surface area contributed by atoms with Gasteiger partial charge in [-0.25, -0.2) is 0 Å².